The SMILES string of the molecule is CNc1cc(Nc2cccn(-c3ncco3)c2=O)nc2c(C(N)=O)cnn12.COC1CCC1. The van der Waals surface area contributed by atoms with Crippen molar-refractivity contribution in [2.24, 2.45) is 5.73 Å². The van der Waals surface area contributed by atoms with Crippen molar-refractivity contribution in [1.29, 1.82) is 0 Å². The zero-order chi connectivity index (χ0) is 23.4. The normalized spacial score (nSPS) is 13.2. The summed E-state index contributed by atoms with van der Waals surface area (Å²) in [6.07, 6.45) is 10.3. The van der Waals surface area contributed by atoms with E-state index in [2.05, 4.69) is 25.7 Å². The van der Waals surface area contributed by atoms with Crippen molar-refractivity contribution in [1.82, 2.24) is 24.1 Å². The van der Waals surface area contributed by atoms with Gasteiger partial charge in [-0.25, -0.2) is 14.5 Å². The lowest BCUT2D eigenvalue weighted by molar-refractivity contribution is 0.0412. The number of fused-ring (bicyclic) bond motifs is 1. The first-order valence-electron chi connectivity index (χ1n) is 10.3. The molecule has 172 valence electrons. The molecule has 5 rings (SSSR count). The fraction of sp³-hybridized carbons (Fsp3) is 0.286. The number of rotatable bonds is 6. The second-order valence-corrected chi connectivity index (χ2v) is 7.26. The molecule has 4 N–H and O–H groups in total. The lowest BCUT2D eigenvalue weighted by Crippen LogP contribution is -2.21. The number of carbonyl (C=O) groups excluding carboxylic acids is 1. The Balaban J connectivity index is 0.000000376. The lowest BCUT2D eigenvalue weighted by Gasteiger charge is -2.22. The van der Waals surface area contributed by atoms with Gasteiger partial charge >= 0.3 is 6.01 Å². The Kier molecular flexibility index (Phi) is 6.36. The van der Waals surface area contributed by atoms with Crippen LogP contribution >= 0.6 is 0 Å². The first-order valence-corrected chi connectivity index (χ1v) is 10.3. The molecule has 0 bridgehead atoms. The summed E-state index contributed by atoms with van der Waals surface area (Å²) in [4.78, 5) is 32.6. The Morgan fingerprint density at radius 2 is 2.18 bits per heavy atom. The molecule has 12 heteroatoms. The monoisotopic (exact) mass is 452 g/mol. The van der Waals surface area contributed by atoms with Gasteiger partial charge in [0.1, 0.15) is 29.1 Å². The highest BCUT2D eigenvalue weighted by atomic mass is 16.5. The molecule has 1 amide bonds. The van der Waals surface area contributed by atoms with Crippen LogP contribution in [0.15, 0.2) is 52.3 Å². The van der Waals surface area contributed by atoms with E-state index in [-0.39, 0.29) is 28.5 Å². The lowest BCUT2D eigenvalue weighted by atomic mass is 9.96. The van der Waals surface area contributed by atoms with Gasteiger partial charge < -0.3 is 25.5 Å². The van der Waals surface area contributed by atoms with Crippen molar-refractivity contribution in [3.05, 3.63) is 59.0 Å². The number of oxazole rings is 1. The predicted octanol–water partition coefficient (Wildman–Crippen LogP) is 1.94. The van der Waals surface area contributed by atoms with Crippen LogP contribution in [0.25, 0.3) is 11.7 Å². The molecule has 1 aliphatic rings. The maximum Gasteiger partial charge on any atom is 0.308 e. The van der Waals surface area contributed by atoms with Crippen LogP contribution in [-0.2, 0) is 4.74 Å². The standard InChI is InChI=1S/C16H14N8O3.C5H10O/c1-18-12-7-11(22-14-9(13(17)25)8-20-24(12)14)21-10-3-2-5-23(15(10)26)16-19-4-6-27-16;1-6-5-3-2-4-5/h2-8,18H,1H3,(H2,17,25)(H,21,22);5H,2-4H2,1H3. The molecular weight excluding hydrogens is 428 g/mol. The number of amides is 1. The Bertz CT molecular complexity index is 1310. The summed E-state index contributed by atoms with van der Waals surface area (Å²) < 4.78 is 12.9. The van der Waals surface area contributed by atoms with Gasteiger partial charge in [-0.2, -0.15) is 9.61 Å². The number of hydrogen-bond donors (Lipinski definition) is 3. The molecule has 1 aliphatic carbocycles. The number of carbonyl (C=O) groups is 1. The van der Waals surface area contributed by atoms with Crippen LogP contribution in [0, 0.1) is 0 Å². The molecule has 1 saturated carbocycles. The summed E-state index contributed by atoms with van der Waals surface area (Å²) in [5.41, 5.74) is 5.67. The summed E-state index contributed by atoms with van der Waals surface area (Å²) in [5.74, 6) is 0.235. The number of ether oxygens (including phenoxy) is 1. The van der Waals surface area contributed by atoms with Crippen molar-refractivity contribution in [2.45, 2.75) is 25.4 Å². The van der Waals surface area contributed by atoms with E-state index in [1.54, 1.807) is 32.4 Å². The molecule has 12 nitrogen and oxygen atoms in total. The summed E-state index contributed by atoms with van der Waals surface area (Å²) >= 11 is 0. The number of aromatic nitrogens is 5. The maximum atomic E-state index is 12.7. The van der Waals surface area contributed by atoms with E-state index in [9.17, 15) is 9.59 Å². The number of pyridine rings is 1. The molecule has 4 aromatic rings. The van der Waals surface area contributed by atoms with Gasteiger partial charge in [0.2, 0.25) is 0 Å². The minimum atomic E-state index is -0.650. The van der Waals surface area contributed by atoms with Gasteiger partial charge in [0.05, 0.1) is 18.5 Å². The maximum absolute atomic E-state index is 12.7. The molecule has 4 aromatic heterocycles. The fourth-order valence-corrected chi connectivity index (χ4v) is 3.20. The van der Waals surface area contributed by atoms with E-state index in [1.807, 2.05) is 0 Å². The van der Waals surface area contributed by atoms with E-state index in [4.69, 9.17) is 14.9 Å². The minimum Gasteiger partial charge on any atom is -0.432 e. The Morgan fingerprint density at radius 3 is 2.76 bits per heavy atom. The number of hydrogen-bond acceptors (Lipinski definition) is 9. The summed E-state index contributed by atoms with van der Waals surface area (Å²) in [7, 11) is 3.48. The molecule has 33 heavy (non-hydrogen) atoms. The third-order valence-electron chi connectivity index (χ3n) is 5.21. The predicted molar refractivity (Wildman–Crippen MR) is 121 cm³/mol. The number of nitrogens with zero attached hydrogens (tertiary/aromatic N) is 5. The van der Waals surface area contributed by atoms with Crippen LogP contribution in [0.1, 0.15) is 29.6 Å². The smallest absolute Gasteiger partial charge is 0.308 e. The van der Waals surface area contributed by atoms with Gasteiger partial charge in [0.15, 0.2) is 5.65 Å². The van der Waals surface area contributed by atoms with Crippen LogP contribution in [0.2, 0.25) is 0 Å². The third-order valence-corrected chi connectivity index (χ3v) is 5.21. The highest BCUT2D eigenvalue weighted by molar-refractivity contribution is 5.98. The van der Waals surface area contributed by atoms with Crippen LogP contribution < -0.4 is 21.9 Å². The van der Waals surface area contributed by atoms with Crippen molar-refractivity contribution in [3.63, 3.8) is 0 Å². The molecule has 0 saturated heterocycles. The highest BCUT2D eigenvalue weighted by Gasteiger charge is 2.16. The number of methoxy groups -OCH3 is 1. The van der Waals surface area contributed by atoms with Gasteiger partial charge in [-0.05, 0) is 31.4 Å². The average molecular weight is 452 g/mol. The van der Waals surface area contributed by atoms with Crippen molar-refractivity contribution < 1.29 is 13.9 Å². The third kappa shape index (κ3) is 4.55. The van der Waals surface area contributed by atoms with Gasteiger partial charge in [0.25, 0.3) is 11.5 Å². The van der Waals surface area contributed by atoms with Crippen LogP contribution in [-0.4, -0.2) is 50.3 Å². The van der Waals surface area contributed by atoms with Crippen LogP contribution in [0.3, 0.4) is 0 Å². The molecule has 4 heterocycles. The minimum absolute atomic E-state index is 0.148. The Labute approximate surface area is 188 Å². The molecule has 0 aliphatic heterocycles. The molecule has 0 atom stereocenters. The fourth-order valence-electron chi connectivity index (χ4n) is 3.20. The summed E-state index contributed by atoms with van der Waals surface area (Å²) in [6, 6.07) is 5.05. The summed E-state index contributed by atoms with van der Waals surface area (Å²) in [6.45, 7) is 0. The quantitative estimate of drug-likeness (QED) is 0.398. The number of nitrogens with one attached hydrogen (secondary N) is 2. The number of anilines is 3. The van der Waals surface area contributed by atoms with Gasteiger partial charge in [-0.15, -0.1) is 0 Å². The zero-order valence-electron chi connectivity index (χ0n) is 18.2. The van der Waals surface area contributed by atoms with Gasteiger partial charge in [-0.1, -0.05) is 0 Å². The second kappa shape index (κ2) is 9.53. The van der Waals surface area contributed by atoms with E-state index >= 15 is 0 Å². The van der Waals surface area contributed by atoms with E-state index in [0.29, 0.717) is 17.7 Å². The Morgan fingerprint density at radius 1 is 1.36 bits per heavy atom. The first-order chi connectivity index (χ1) is 16.0. The summed E-state index contributed by atoms with van der Waals surface area (Å²) in [5, 5.41) is 10.0. The molecule has 1 fully saturated rings. The molecule has 0 unspecified atom stereocenters. The second-order valence-electron chi connectivity index (χ2n) is 7.26. The van der Waals surface area contributed by atoms with Crippen molar-refractivity contribution >= 4 is 28.9 Å². The molecule has 0 spiro atoms. The first kappa shape index (κ1) is 22.0. The molecule has 0 radical (unpaired) electrons. The average Bonchev–Trinajstić information content (AvgIpc) is 3.44. The molecule has 0 aromatic carbocycles. The molecular formula is C21H24N8O4. The van der Waals surface area contributed by atoms with Crippen LogP contribution in [0.4, 0.5) is 17.3 Å². The Hall–Kier alpha value is -4.19. The largest absolute Gasteiger partial charge is 0.432 e. The number of nitrogens with two attached hydrogens (primary N) is 1. The van der Waals surface area contributed by atoms with Gasteiger partial charge in [-0.3, -0.25) is 9.59 Å². The highest BCUT2D eigenvalue weighted by Crippen LogP contribution is 2.21. The van der Waals surface area contributed by atoms with E-state index < -0.39 is 5.91 Å². The van der Waals surface area contributed by atoms with E-state index in [0.717, 1.165) is 0 Å². The topological polar surface area (TPSA) is 155 Å². The zero-order valence-corrected chi connectivity index (χ0v) is 18.2. The van der Waals surface area contributed by atoms with Crippen molar-refractivity contribution in [2.75, 3.05) is 24.8 Å². The van der Waals surface area contributed by atoms with Gasteiger partial charge in [0, 0.05) is 26.4 Å². The van der Waals surface area contributed by atoms with E-state index in [1.165, 1.54) is 53.2 Å². The number of primary amides is 1. The van der Waals surface area contributed by atoms with Crippen molar-refractivity contribution in [3.8, 4) is 6.01 Å². The van der Waals surface area contributed by atoms with Crippen LogP contribution in [0.5, 0.6) is 0 Å².